The molecule has 1 saturated heterocycles. The summed E-state index contributed by atoms with van der Waals surface area (Å²) in [7, 11) is 0. The zero-order valence-electron chi connectivity index (χ0n) is 10.7. The predicted octanol–water partition coefficient (Wildman–Crippen LogP) is 0.485. The van der Waals surface area contributed by atoms with Crippen LogP contribution in [-0.2, 0) is 0 Å². The van der Waals surface area contributed by atoms with Gasteiger partial charge in [0.1, 0.15) is 6.61 Å². The standard InChI is InChI=1S/C15H17NO3/c17-8-2-4-12-3-1-5-14(9-12)15(19)16-7-6-13(10-16)11-18/h1,3,5,9,13,17-18H,6-8,10-11H2. The third-order valence-electron chi connectivity index (χ3n) is 3.25. The van der Waals surface area contributed by atoms with Crippen LogP contribution in [0.5, 0.6) is 0 Å². The number of carbonyl (C=O) groups excluding carboxylic acids is 1. The summed E-state index contributed by atoms with van der Waals surface area (Å²) in [6.07, 6.45) is 0.853. The molecule has 0 bridgehead atoms. The smallest absolute Gasteiger partial charge is 0.253 e. The van der Waals surface area contributed by atoms with Gasteiger partial charge in [-0.3, -0.25) is 4.79 Å². The molecule has 4 heteroatoms. The van der Waals surface area contributed by atoms with E-state index in [1.54, 1.807) is 29.2 Å². The third-order valence-corrected chi connectivity index (χ3v) is 3.25. The van der Waals surface area contributed by atoms with Crippen molar-refractivity contribution in [1.82, 2.24) is 4.90 Å². The van der Waals surface area contributed by atoms with Gasteiger partial charge in [0.15, 0.2) is 0 Å². The summed E-state index contributed by atoms with van der Waals surface area (Å²) in [5, 5.41) is 17.8. The number of carbonyl (C=O) groups is 1. The topological polar surface area (TPSA) is 60.8 Å². The molecular weight excluding hydrogens is 242 g/mol. The Balaban J connectivity index is 2.11. The molecule has 1 heterocycles. The molecule has 0 spiro atoms. The van der Waals surface area contributed by atoms with Crippen molar-refractivity contribution in [1.29, 1.82) is 0 Å². The van der Waals surface area contributed by atoms with Gasteiger partial charge in [-0.2, -0.15) is 0 Å². The molecule has 0 radical (unpaired) electrons. The van der Waals surface area contributed by atoms with Crippen molar-refractivity contribution >= 4 is 5.91 Å². The van der Waals surface area contributed by atoms with Gasteiger partial charge in [0.25, 0.3) is 5.91 Å². The minimum Gasteiger partial charge on any atom is -0.396 e. The van der Waals surface area contributed by atoms with E-state index in [0.29, 0.717) is 18.7 Å². The Kier molecular flexibility index (Phi) is 4.56. The number of nitrogens with zero attached hydrogens (tertiary/aromatic N) is 1. The van der Waals surface area contributed by atoms with Crippen LogP contribution in [-0.4, -0.2) is 47.3 Å². The molecule has 1 amide bonds. The maximum Gasteiger partial charge on any atom is 0.253 e. The average molecular weight is 259 g/mol. The van der Waals surface area contributed by atoms with E-state index in [-0.39, 0.29) is 25.0 Å². The summed E-state index contributed by atoms with van der Waals surface area (Å²) < 4.78 is 0. The monoisotopic (exact) mass is 259 g/mol. The molecule has 1 unspecified atom stereocenters. The molecule has 0 saturated carbocycles. The molecule has 1 fully saturated rings. The highest BCUT2D eigenvalue weighted by atomic mass is 16.3. The highest BCUT2D eigenvalue weighted by Crippen LogP contribution is 2.18. The van der Waals surface area contributed by atoms with Crippen LogP contribution in [0.25, 0.3) is 0 Å². The van der Waals surface area contributed by atoms with E-state index in [2.05, 4.69) is 11.8 Å². The Labute approximate surface area is 112 Å². The SMILES string of the molecule is O=C(c1cccc(C#CCO)c1)N1CCC(CO)C1. The molecule has 0 aliphatic carbocycles. The fourth-order valence-electron chi connectivity index (χ4n) is 2.22. The van der Waals surface area contributed by atoms with E-state index >= 15 is 0 Å². The van der Waals surface area contributed by atoms with Gasteiger partial charge in [-0.05, 0) is 24.6 Å². The number of hydrogen-bond acceptors (Lipinski definition) is 3. The second-order valence-electron chi connectivity index (χ2n) is 4.63. The lowest BCUT2D eigenvalue weighted by Crippen LogP contribution is -2.29. The number of rotatable bonds is 2. The van der Waals surface area contributed by atoms with Crippen LogP contribution in [0.2, 0.25) is 0 Å². The van der Waals surface area contributed by atoms with Gasteiger partial charge in [-0.15, -0.1) is 0 Å². The van der Waals surface area contributed by atoms with Crippen molar-refractivity contribution in [2.75, 3.05) is 26.3 Å². The first-order valence-electron chi connectivity index (χ1n) is 6.34. The maximum absolute atomic E-state index is 12.3. The van der Waals surface area contributed by atoms with Crippen molar-refractivity contribution in [3.05, 3.63) is 35.4 Å². The van der Waals surface area contributed by atoms with Crippen molar-refractivity contribution < 1.29 is 15.0 Å². The van der Waals surface area contributed by atoms with Crippen LogP contribution in [0.15, 0.2) is 24.3 Å². The van der Waals surface area contributed by atoms with Gasteiger partial charge in [-0.25, -0.2) is 0 Å². The lowest BCUT2D eigenvalue weighted by Gasteiger charge is -2.16. The minimum atomic E-state index is -0.192. The highest BCUT2D eigenvalue weighted by Gasteiger charge is 2.26. The lowest BCUT2D eigenvalue weighted by molar-refractivity contribution is 0.0782. The minimum absolute atomic E-state index is 0.0244. The summed E-state index contributed by atoms with van der Waals surface area (Å²) >= 11 is 0. The molecule has 100 valence electrons. The van der Waals surface area contributed by atoms with Crippen LogP contribution in [0.3, 0.4) is 0 Å². The molecule has 2 N–H and O–H groups in total. The summed E-state index contributed by atoms with van der Waals surface area (Å²) in [5.74, 6) is 5.52. The molecule has 1 aliphatic rings. The Morgan fingerprint density at radius 3 is 2.95 bits per heavy atom. The second-order valence-corrected chi connectivity index (χ2v) is 4.63. The van der Waals surface area contributed by atoms with E-state index in [9.17, 15) is 4.79 Å². The summed E-state index contributed by atoms with van der Waals surface area (Å²) in [6.45, 7) is 1.24. The summed E-state index contributed by atoms with van der Waals surface area (Å²) in [5.41, 5.74) is 1.32. The third kappa shape index (κ3) is 3.34. The zero-order valence-corrected chi connectivity index (χ0v) is 10.7. The molecule has 1 atom stereocenters. The van der Waals surface area contributed by atoms with E-state index in [1.807, 2.05) is 0 Å². The van der Waals surface area contributed by atoms with Gasteiger partial charge in [0.05, 0.1) is 0 Å². The number of benzene rings is 1. The van der Waals surface area contributed by atoms with Crippen LogP contribution in [0.4, 0.5) is 0 Å². The number of hydrogen-bond donors (Lipinski definition) is 2. The molecule has 1 aromatic carbocycles. The van der Waals surface area contributed by atoms with Gasteiger partial charge in [0, 0.05) is 36.7 Å². The predicted molar refractivity (Wildman–Crippen MR) is 71.5 cm³/mol. The normalized spacial score (nSPS) is 18.0. The molecule has 1 aliphatic heterocycles. The Morgan fingerprint density at radius 1 is 1.42 bits per heavy atom. The fraction of sp³-hybridized carbons (Fsp3) is 0.400. The van der Waals surface area contributed by atoms with Gasteiger partial charge >= 0.3 is 0 Å². The lowest BCUT2D eigenvalue weighted by atomic mass is 10.1. The van der Waals surface area contributed by atoms with Gasteiger partial charge < -0.3 is 15.1 Å². The van der Waals surface area contributed by atoms with Gasteiger partial charge in [-0.1, -0.05) is 17.9 Å². The van der Waals surface area contributed by atoms with Crippen molar-refractivity contribution in [2.45, 2.75) is 6.42 Å². The second kappa shape index (κ2) is 6.37. The van der Waals surface area contributed by atoms with Crippen molar-refractivity contribution in [2.24, 2.45) is 5.92 Å². The molecule has 0 aromatic heterocycles. The maximum atomic E-state index is 12.3. The van der Waals surface area contributed by atoms with Crippen LogP contribution in [0, 0.1) is 17.8 Å². The number of aliphatic hydroxyl groups is 2. The summed E-state index contributed by atoms with van der Waals surface area (Å²) in [6, 6.07) is 7.09. The van der Waals surface area contributed by atoms with E-state index in [1.165, 1.54) is 0 Å². The molecular formula is C15H17NO3. The Hall–Kier alpha value is -1.83. The fourth-order valence-corrected chi connectivity index (χ4v) is 2.22. The number of aliphatic hydroxyl groups excluding tert-OH is 2. The Bertz CT molecular complexity index is 516. The largest absolute Gasteiger partial charge is 0.396 e. The first-order chi connectivity index (χ1) is 9.24. The first-order valence-corrected chi connectivity index (χ1v) is 6.34. The molecule has 19 heavy (non-hydrogen) atoms. The zero-order chi connectivity index (χ0) is 13.7. The quantitative estimate of drug-likeness (QED) is 0.760. The van der Waals surface area contributed by atoms with Crippen molar-refractivity contribution in [3.63, 3.8) is 0 Å². The van der Waals surface area contributed by atoms with E-state index < -0.39 is 0 Å². The van der Waals surface area contributed by atoms with E-state index in [4.69, 9.17) is 10.2 Å². The first kappa shape index (κ1) is 13.6. The van der Waals surface area contributed by atoms with Crippen LogP contribution < -0.4 is 0 Å². The highest BCUT2D eigenvalue weighted by molar-refractivity contribution is 5.94. The van der Waals surface area contributed by atoms with Crippen LogP contribution >= 0.6 is 0 Å². The Morgan fingerprint density at radius 2 is 2.26 bits per heavy atom. The number of amides is 1. The molecule has 4 nitrogen and oxygen atoms in total. The molecule has 2 rings (SSSR count). The number of likely N-dealkylation sites (tertiary alicyclic amines) is 1. The van der Waals surface area contributed by atoms with E-state index in [0.717, 1.165) is 12.0 Å². The van der Waals surface area contributed by atoms with Crippen LogP contribution in [0.1, 0.15) is 22.3 Å². The van der Waals surface area contributed by atoms with Gasteiger partial charge in [0.2, 0.25) is 0 Å². The summed E-state index contributed by atoms with van der Waals surface area (Å²) in [4.78, 5) is 14.0. The average Bonchev–Trinajstić information content (AvgIpc) is 2.93. The molecule has 1 aromatic rings. The van der Waals surface area contributed by atoms with Crippen molar-refractivity contribution in [3.8, 4) is 11.8 Å².